The topological polar surface area (TPSA) is 55.8 Å². The molecule has 0 atom stereocenters. The van der Waals surface area contributed by atoms with Gasteiger partial charge in [0.2, 0.25) is 0 Å². The molecule has 1 aromatic carbocycles. The van der Waals surface area contributed by atoms with Gasteiger partial charge in [0.05, 0.1) is 5.69 Å². The molecular formula is C22H30ClFN6. The van der Waals surface area contributed by atoms with Crippen molar-refractivity contribution in [3.8, 4) is 0 Å². The predicted molar refractivity (Wildman–Crippen MR) is 122 cm³/mol. The number of rotatable bonds is 8. The van der Waals surface area contributed by atoms with Crippen LogP contribution in [0.5, 0.6) is 0 Å². The van der Waals surface area contributed by atoms with Gasteiger partial charge in [-0.15, -0.1) is 0 Å². The van der Waals surface area contributed by atoms with Gasteiger partial charge in [-0.25, -0.2) is 9.37 Å². The number of halogens is 2. The van der Waals surface area contributed by atoms with Crippen molar-refractivity contribution >= 4 is 23.2 Å². The number of nitrogens with zero attached hydrogens (tertiary/aromatic N) is 4. The van der Waals surface area contributed by atoms with Gasteiger partial charge in [0.25, 0.3) is 0 Å². The molecule has 162 valence electrons. The van der Waals surface area contributed by atoms with Gasteiger partial charge in [-0.3, -0.25) is 9.89 Å². The second kappa shape index (κ2) is 11.7. The van der Waals surface area contributed by atoms with E-state index in [0.717, 1.165) is 70.2 Å². The van der Waals surface area contributed by atoms with E-state index in [-0.39, 0.29) is 5.82 Å². The lowest BCUT2D eigenvalue weighted by atomic mass is 10.2. The normalized spacial score (nSPS) is 15.3. The standard InChI is InChI=1S/C22H30ClFN6/c1-25-22(27-11-9-18-7-8-21(23)28-17-18)26-10-4-12-29-13-15-30(16-14-29)20-6-3-2-5-19(20)24/h2-3,5-8,17H,4,9-16H2,1H3,(H2,25,26,27). The molecule has 0 aliphatic carbocycles. The predicted octanol–water partition coefficient (Wildman–Crippen LogP) is 2.79. The fourth-order valence-electron chi connectivity index (χ4n) is 3.53. The summed E-state index contributed by atoms with van der Waals surface area (Å²) in [6.45, 7) is 6.28. The summed E-state index contributed by atoms with van der Waals surface area (Å²) in [5, 5.41) is 7.20. The quantitative estimate of drug-likeness (QED) is 0.291. The second-order valence-electron chi connectivity index (χ2n) is 7.30. The van der Waals surface area contributed by atoms with Crippen LogP contribution in [0.3, 0.4) is 0 Å². The van der Waals surface area contributed by atoms with Gasteiger partial charge in [0.15, 0.2) is 5.96 Å². The minimum atomic E-state index is -0.138. The molecule has 0 amide bonds. The Kier molecular flexibility index (Phi) is 8.71. The van der Waals surface area contributed by atoms with Gasteiger partial charge in [-0.2, -0.15) is 0 Å². The first-order chi connectivity index (χ1) is 14.7. The lowest BCUT2D eigenvalue weighted by Crippen LogP contribution is -2.47. The molecule has 0 saturated carbocycles. The van der Waals surface area contributed by atoms with Gasteiger partial charge in [-0.1, -0.05) is 29.8 Å². The molecule has 0 spiro atoms. The number of pyridine rings is 1. The van der Waals surface area contributed by atoms with Gasteiger partial charge < -0.3 is 15.5 Å². The van der Waals surface area contributed by atoms with Crippen LogP contribution in [0.15, 0.2) is 47.6 Å². The van der Waals surface area contributed by atoms with E-state index in [1.54, 1.807) is 25.4 Å². The smallest absolute Gasteiger partial charge is 0.190 e. The first-order valence-corrected chi connectivity index (χ1v) is 10.8. The van der Waals surface area contributed by atoms with Crippen molar-refractivity contribution in [1.29, 1.82) is 0 Å². The molecule has 2 heterocycles. The molecular weight excluding hydrogens is 403 g/mol. The third-order valence-electron chi connectivity index (χ3n) is 5.23. The van der Waals surface area contributed by atoms with E-state index in [2.05, 4.69) is 30.4 Å². The number of anilines is 1. The van der Waals surface area contributed by atoms with Crippen LogP contribution in [-0.2, 0) is 6.42 Å². The highest BCUT2D eigenvalue weighted by Crippen LogP contribution is 2.20. The number of benzene rings is 1. The molecule has 2 N–H and O–H groups in total. The molecule has 1 aromatic heterocycles. The number of para-hydroxylation sites is 1. The highest BCUT2D eigenvalue weighted by atomic mass is 35.5. The van der Waals surface area contributed by atoms with Gasteiger partial charge in [-0.05, 0) is 43.1 Å². The molecule has 6 nitrogen and oxygen atoms in total. The molecule has 1 fully saturated rings. The minimum absolute atomic E-state index is 0.138. The average molecular weight is 433 g/mol. The van der Waals surface area contributed by atoms with Crippen molar-refractivity contribution in [2.24, 2.45) is 4.99 Å². The average Bonchev–Trinajstić information content (AvgIpc) is 2.77. The maximum atomic E-state index is 13.9. The van der Waals surface area contributed by atoms with Crippen LogP contribution in [0.2, 0.25) is 5.15 Å². The van der Waals surface area contributed by atoms with E-state index >= 15 is 0 Å². The summed E-state index contributed by atoms with van der Waals surface area (Å²) < 4.78 is 13.9. The van der Waals surface area contributed by atoms with E-state index in [9.17, 15) is 4.39 Å². The maximum Gasteiger partial charge on any atom is 0.190 e. The van der Waals surface area contributed by atoms with Crippen LogP contribution in [0, 0.1) is 5.82 Å². The van der Waals surface area contributed by atoms with Crippen molar-refractivity contribution < 1.29 is 4.39 Å². The Bertz CT molecular complexity index is 806. The van der Waals surface area contributed by atoms with Gasteiger partial charge in [0.1, 0.15) is 11.0 Å². The Morgan fingerprint density at radius 3 is 2.57 bits per heavy atom. The highest BCUT2D eigenvalue weighted by Gasteiger charge is 2.18. The Labute approximate surface area is 183 Å². The van der Waals surface area contributed by atoms with Crippen molar-refractivity contribution in [2.45, 2.75) is 12.8 Å². The van der Waals surface area contributed by atoms with Crippen LogP contribution >= 0.6 is 11.6 Å². The first-order valence-electron chi connectivity index (χ1n) is 10.4. The zero-order valence-electron chi connectivity index (χ0n) is 17.5. The number of piperazine rings is 1. The fourth-order valence-corrected chi connectivity index (χ4v) is 3.64. The van der Waals surface area contributed by atoms with Crippen molar-refractivity contribution in [3.05, 3.63) is 59.1 Å². The molecule has 1 aliphatic rings. The molecule has 8 heteroatoms. The van der Waals surface area contributed by atoms with E-state index in [1.807, 2.05) is 18.2 Å². The first kappa shape index (κ1) is 22.3. The van der Waals surface area contributed by atoms with Crippen LogP contribution in [0.25, 0.3) is 0 Å². The monoisotopic (exact) mass is 432 g/mol. The summed E-state index contributed by atoms with van der Waals surface area (Å²) in [7, 11) is 1.78. The Hall–Kier alpha value is -2.38. The van der Waals surface area contributed by atoms with Crippen LogP contribution < -0.4 is 15.5 Å². The summed E-state index contributed by atoms with van der Waals surface area (Å²) >= 11 is 5.81. The number of hydrogen-bond acceptors (Lipinski definition) is 4. The zero-order chi connectivity index (χ0) is 21.2. The summed E-state index contributed by atoms with van der Waals surface area (Å²) in [6.07, 6.45) is 3.69. The number of aliphatic imine (C=N–C) groups is 1. The van der Waals surface area contributed by atoms with Gasteiger partial charge in [0, 0.05) is 52.5 Å². The Morgan fingerprint density at radius 2 is 1.87 bits per heavy atom. The van der Waals surface area contributed by atoms with E-state index in [0.29, 0.717) is 10.8 Å². The van der Waals surface area contributed by atoms with Crippen molar-refractivity contribution in [2.75, 3.05) is 57.8 Å². The number of aromatic nitrogens is 1. The molecule has 0 bridgehead atoms. The Morgan fingerprint density at radius 1 is 1.10 bits per heavy atom. The minimum Gasteiger partial charge on any atom is -0.367 e. The van der Waals surface area contributed by atoms with E-state index in [1.165, 1.54) is 6.07 Å². The molecule has 30 heavy (non-hydrogen) atoms. The zero-order valence-corrected chi connectivity index (χ0v) is 18.2. The maximum absolute atomic E-state index is 13.9. The molecule has 0 unspecified atom stereocenters. The second-order valence-corrected chi connectivity index (χ2v) is 7.69. The Balaban J connectivity index is 1.29. The van der Waals surface area contributed by atoms with Crippen LogP contribution in [-0.4, -0.2) is 68.7 Å². The largest absolute Gasteiger partial charge is 0.367 e. The van der Waals surface area contributed by atoms with Crippen molar-refractivity contribution in [3.63, 3.8) is 0 Å². The van der Waals surface area contributed by atoms with Crippen molar-refractivity contribution in [1.82, 2.24) is 20.5 Å². The summed E-state index contributed by atoms with van der Waals surface area (Å²) in [6, 6.07) is 10.8. The number of hydrogen-bond donors (Lipinski definition) is 2. The third kappa shape index (κ3) is 6.85. The SMILES string of the molecule is CN=C(NCCCN1CCN(c2ccccc2F)CC1)NCCc1ccc(Cl)nc1. The van der Waals surface area contributed by atoms with Gasteiger partial charge >= 0.3 is 0 Å². The van der Waals surface area contributed by atoms with Crippen LogP contribution in [0.1, 0.15) is 12.0 Å². The third-order valence-corrected chi connectivity index (χ3v) is 5.45. The fraction of sp³-hybridized carbons (Fsp3) is 0.455. The molecule has 3 rings (SSSR count). The molecule has 0 radical (unpaired) electrons. The van der Waals surface area contributed by atoms with E-state index < -0.39 is 0 Å². The lowest BCUT2D eigenvalue weighted by Gasteiger charge is -2.36. The summed E-state index contributed by atoms with van der Waals surface area (Å²) in [4.78, 5) is 12.9. The summed E-state index contributed by atoms with van der Waals surface area (Å²) in [5.41, 5.74) is 1.85. The number of nitrogens with one attached hydrogen (secondary N) is 2. The summed E-state index contributed by atoms with van der Waals surface area (Å²) in [5.74, 6) is 0.669. The molecule has 1 saturated heterocycles. The van der Waals surface area contributed by atoms with E-state index in [4.69, 9.17) is 11.6 Å². The lowest BCUT2D eigenvalue weighted by molar-refractivity contribution is 0.254. The number of guanidine groups is 1. The van der Waals surface area contributed by atoms with Crippen LogP contribution in [0.4, 0.5) is 10.1 Å². The molecule has 1 aliphatic heterocycles. The highest BCUT2D eigenvalue weighted by molar-refractivity contribution is 6.29. The molecule has 2 aromatic rings.